The molecule has 2 heterocycles. The highest BCUT2D eigenvalue weighted by Crippen LogP contribution is 2.24. The number of nitrogens with one attached hydrogen (secondary N) is 2. The summed E-state index contributed by atoms with van der Waals surface area (Å²) in [6, 6.07) is 4.02. The zero-order valence-corrected chi connectivity index (χ0v) is 11.7. The maximum atomic E-state index is 5.96. The SMILES string of the molecule is NNc1ncc(Cl)c(NCc2ccc(Br)s2)n1. The van der Waals surface area contributed by atoms with Crippen LogP contribution in [0.2, 0.25) is 5.02 Å². The number of halogens is 2. The van der Waals surface area contributed by atoms with Crippen molar-refractivity contribution in [1.82, 2.24) is 9.97 Å². The fraction of sp³-hybridized carbons (Fsp3) is 0.111. The van der Waals surface area contributed by atoms with Gasteiger partial charge in [0.15, 0.2) is 5.82 Å². The van der Waals surface area contributed by atoms with E-state index in [1.165, 1.54) is 11.1 Å². The fourth-order valence-corrected chi connectivity index (χ4v) is 2.76. The third-order valence-electron chi connectivity index (χ3n) is 1.93. The van der Waals surface area contributed by atoms with Crippen molar-refractivity contribution in [3.05, 3.63) is 32.0 Å². The number of aromatic nitrogens is 2. The van der Waals surface area contributed by atoms with Gasteiger partial charge in [-0.1, -0.05) is 11.6 Å². The summed E-state index contributed by atoms with van der Waals surface area (Å²) in [5.41, 5.74) is 2.37. The van der Waals surface area contributed by atoms with E-state index in [1.807, 2.05) is 12.1 Å². The number of thiophene rings is 1. The Labute approximate surface area is 116 Å². The highest BCUT2D eigenvalue weighted by molar-refractivity contribution is 9.11. The molecule has 0 bridgehead atoms. The van der Waals surface area contributed by atoms with Crippen molar-refractivity contribution in [2.75, 3.05) is 10.7 Å². The molecule has 90 valence electrons. The number of nitrogens with two attached hydrogens (primary N) is 1. The molecule has 4 N–H and O–H groups in total. The van der Waals surface area contributed by atoms with Crippen molar-refractivity contribution in [3.63, 3.8) is 0 Å². The van der Waals surface area contributed by atoms with Gasteiger partial charge >= 0.3 is 0 Å². The summed E-state index contributed by atoms with van der Waals surface area (Å²) in [5.74, 6) is 6.11. The predicted octanol–water partition coefficient (Wildman–Crippen LogP) is 2.85. The number of nitrogen functional groups attached to an aromatic ring is 1. The third-order valence-corrected chi connectivity index (χ3v) is 3.83. The van der Waals surface area contributed by atoms with E-state index in [9.17, 15) is 0 Å². The van der Waals surface area contributed by atoms with Crippen LogP contribution in [-0.4, -0.2) is 9.97 Å². The fourth-order valence-electron chi connectivity index (χ4n) is 1.18. The van der Waals surface area contributed by atoms with Gasteiger partial charge in [-0.15, -0.1) is 11.3 Å². The van der Waals surface area contributed by atoms with Crippen LogP contribution >= 0.6 is 38.9 Å². The molecule has 5 nitrogen and oxygen atoms in total. The normalized spacial score (nSPS) is 10.3. The summed E-state index contributed by atoms with van der Waals surface area (Å²) in [5, 5.41) is 3.59. The number of hydrogen-bond donors (Lipinski definition) is 3. The van der Waals surface area contributed by atoms with Gasteiger partial charge in [-0.05, 0) is 28.1 Å². The lowest BCUT2D eigenvalue weighted by Crippen LogP contribution is -2.12. The quantitative estimate of drug-likeness (QED) is 0.592. The lowest BCUT2D eigenvalue weighted by Gasteiger charge is -2.07. The van der Waals surface area contributed by atoms with Gasteiger partial charge in [0, 0.05) is 4.88 Å². The van der Waals surface area contributed by atoms with Crippen LogP contribution in [0, 0.1) is 0 Å². The van der Waals surface area contributed by atoms with Crippen LogP contribution in [0.25, 0.3) is 0 Å². The minimum Gasteiger partial charge on any atom is -0.364 e. The number of nitrogens with zero attached hydrogens (tertiary/aromatic N) is 2. The third kappa shape index (κ3) is 3.29. The second-order valence-electron chi connectivity index (χ2n) is 3.09. The highest BCUT2D eigenvalue weighted by Gasteiger charge is 2.05. The second-order valence-corrected chi connectivity index (χ2v) is 6.05. The van der Waals surface area contributed by atoms with Crippen molar-refractivity contribution in [2.45, 2.75) is 6.54 Å². The molecule has 0 spiro atoms. The predicted molar refractivity (Wildman–Crippen MR) is 74.2 cm³/mol. The molecule has 0 aliphatic carbocycles. The van der Waals surface area contributed by atoms with Crippen LogP contribution in [0.15, 0.2) is 22.1 Å². The number of rotatable bonds is 4. The summed E-state index contributed by atoms with van der Waals surface area (Å²) in [4.78, 5) is 9.18. The molecule has 0 amide bonds. The van der Waals surface area contributed by atoms with Crippen LogP contribution in [0.4, 0.5) is 11.8 Å². The largest absolute Gasteiger partial charge is 0.364 e. The van der Waals surface area contributed by atoms with Gasteiger partial charge in [0.05, 0.1) is 16.5 Å². The smallest absolute Gasteiger partial charge is 0.239 e. The van der Waals surface area contributed by atoms with Gasteiger partial charge in [0.1, 0.15) is 5.02 Å². The first kappa shape index (κ1) is 12.6. The maximum absolute atomic E-state index is 5.96. The van der Waals surface area contributed by atoms with Gasteiger partial charge in [-0.25, -0.2) is 10.8 Å². The summed E-state index contributed by atoms with van der Waals surface area (Å²) in [6.45, 7) is 0.650. The summed E-state index contributed by atoms with van der Waals surface area (Å²) in [7, 11) is 0. The molecule has 0 aromatic carbocycles. The molecule has 2 rings (SSSR count). The summed E-state index contributed by atoms with van der Waals surface area (Å²) < 4.78 is 1.09. The van der Waals surface area contributed by atoms with Crippen LogP contribution in [-0.2, 0) is 6.54 Å². The van der Waals surface area contributed by atoms with Crippen molar-refractivity contribution < 1.29 is 0 Å². The Balaban J connectivity index is 2.07. The van der Waals surface area contributed by atoms with Gasteiger partial charge < -0.3 is 5.32 Å². The highest BCUT2D eigenvalue weighted by atomic mass is 79.9. The Morgan fingerprint density at radius 2 is 2.29 bits per heavy atom. The van der Waals surface area contributed by atoms with Crippen molar-refractivity contribution in [1.29, 1.82) is 0 Å². The van der Waals surface area contributed by atoms with E-state index in [0.717, 1.165) is 3.79 Å². The second kappa shape index (κ2) is 5.63. The van der Waals surface area contributed by atoms with Gasteiger partial charge in [-0.2, -0.15) is 4.98 Å². The van der Waals surface area contributed by atoms with Crippen LogP contribution in [0.3, 0.4) is 0 Å². The monoisotopic (exact) mass is 333 g/mol. The Morgan fingerprint density at radius 3 is 2.94 bits per heavy atom. The van der Waals surface area contributed by atoms with Gasteiger partial charge in [0.25, 0.3) is 0 Å². The molecule has 0 fully saturated rings. The zero-order chi connectivity index (χ0) is 12.3. The van der Waals surface area contributed by atoms with Crippen LogP contribution in [0.5, 0.6) is 0 Å². The molecule has 17 heavy (non-hydrogen) atoms. The van der Waals surface area contributed by atoms with Crippen molar-refractivity contribution in [2.24, 2.45) is 5.84 Å². The molecule has 2 aromatic rings. The number of hydrogen-bond acceptors (Lipinski definition) is 6. The molecule has 2 aromatic heterocycles. The van der Waals surface area contributed by atoms with Crippen molar-refractivity contribution in [3.8, 4) is 0 Å². The Hall–Kier alpha value is -0.890. The lowest BCUT2D eigenvalue weighted by molar-refractivity contribution is 1.08. The minimum atomic E-state index is 0.323. The molecule has 8 heteroatoms. The topological polar surface area (TPSA) is 75.9 Å². The minimum absolute atomic E-state index is 0.323. The summed E-state index contributed by atoms with van der Waals surface area (Å²) >= 11 is 11.0. The van der Waals surface area contributed by atoms with E-state index in [1.54, 1.807) is 11.3 Å². The van der Waals surface area contributed by atoms with E-state index in [-0.39, 0.29) is 0 Å². The molecule has 0 unspecified atom stereocenters. The Morgan fingerprint density at radius 1 is 1.47 bits per heavy atom. The Kier molecular flexibility index (Phi) is 4.16. The molecule has 0 saturated heterocycles. The Bertz CT molecular complexity index is 518. The van der Waals surface area contributed by atoms with Crippen LogP contribution in [0.1, 0.15) is 4.88 Å². The molecule has 0 radical (unpaired) electrons. The molecular formula is C9H9BrClN5S. The molecule has 0 aliphatic heterocycles. The molecule has 0 aliphatic rings. The zero-order valence-electron chi connectivity index (χ0n) is 8.58. The van der Waals surface area contributed by atoms with E-state index in [0.29, 0.717) is 23.3 Å². The first-order valence-electron chi connectivity index (χ1n) is 4.66. The van der Waals surface area contributed by atoms with Crippen molar-refractivity contribution >= 4 is 50.6 Å². The average molecular weight is 335 g/mol. The van der Waals surface area contributed by atoms with Crippen LogP contribution < -0.4 is 16.6 Å². The maximum Gasteiger partial charge on any atom is 0.239 e. The van der Waals surface area contributed by atoms with E-state index in [2.05, 4.69) is 36.6 Å². The van der Waals surface area contributed by atoms with Gasteiger partial charge in [-0.3, -0.25) is 5.43 Å². The summed E-state index contributed by atoms with van der Waals surface area (Å²) in [6.07, 6.45) is 1.50. The molecule has 0 atom stereocenters. The first-order valence-corrected chi connectivity index (χ1v) is 6.65. The standard InChI is InChI=1S/C9H9BrClN5S/c10-7-2-1-5(17-7)3-13-8-6(11)4-14-9(15-8)16-12/h1-2,4H,3,12H2,(H2,13,14,15,16). The molecular weight excluding hydrogens is 326 g/mol. The molecule has 0 saturated carbocycles. The first-order chi connectivity index (χ1) is 8.19. The van der Waals surface area contributed by atoms with E-state index < -0.39 is 0 Å². The van der Waals surface area contributed by atoms with E-state index in [4.69, 9.17) is 17.4 Å². The number of hydrazine groups is 1. The van der Waals surface area contributed by atoms with Gasteiger partial charge in [0.2, 0.25) is 5.95 Å². The average Bonchev–Trinajstić information content (AvgIpc) is 2.74. The number of anilines is 2. The van der Waals surface area contributed by atoms with E-state index >= 15 is 0 Å². The lowest BCUT2D eigenvalue weighted by atomic mass is 10.4.